The van der Waals surface area contributed by atoms with Gasteiger partial charge in [0, 0.05) is 38.9 Å². The smallest absolute Gasteiger partial charge is 0.405 e. The van der Waals surface area contributed by atoms with Crippen molar-refractivity contribution in [2.75, 3.05) is 33.4 Å². The molecule has 2 atom stereocenters. The highest BCUT2D eigenvalue weighted by molar-refractivity contribution is 5.80. The Kier molecular flexibility index (Phi) is 6.43. The summed E-state index contributed by atoms with van der Waals surface area (Å²) in [6, 6.07) is 6.07. The first-order chi connectivity index (χ1) is 13.0. The molecule has 27 heavy (non-hydrogen) atoms. The number of benzene rings is 1. The maximum atomic E-state index is 12.6. The van der Waals surface area contributed by atoms with E-state index in [1.54, 1.807) is 19.2 Å². The standard InChI is InChI=1S/C18H24F3N3O3/c1-22-17(24-8-10-26-16(12-24)15-7-4-9-25-15)23-11-13-5-2-3-6-14(13)27-18(19,20)21/h2-3,5-6,15-16H,4,7-12H2,1H3,(H,22,23). The van der Waals surface area contributed by atoms with Gasteiger partial charge in [-0.3, -0.25) is 4.99 Å². The Morgan fingerprint density at radius 2 is 2.04 bits per heavy atom. The summed E-state index contributed by atoms with van der Waals surface area (Å²) < 4.78 is 53.3. The average Bonchev–Trinajstić information content (AvgIpc) is 3.17. The first kappa shape index (κ1) is 19.8. The van der Waals surface area contributed by atoms with Crippen LogP contribution in [0.15, 0.2) is 29.3 Å². The topological polar surface area (TPSA) is 55.3 Å². The number of nitrogens with zero attached hydrogens (tertiary/aromatic N) is 2. The van der Waals surface area contributed by atoms with Gasteiger partial charge in [0.1, 0.15) is 11.9 Å². The van der Waals surface area contributed by atoms with E-state index in [9.17, 15) is 13.2 Å². The summed E-state index contributed by atoms with van der Waals surface area (Å²) in [5.41, 5.74) is 0.403. The Morgan fingerprint density at radius 1 is 1.26 bits per heavy atom. The van der Waals surface area contributed by atoms with Gasteiger partial charge in [0.15, 0.2) is 5.96 Å². The van der Waals surface area contributed by atoms with Crippen molar-refractivity contribution < 1.29 is 27.4 Å². The number of morpholine rings is 1. The van der Waals surface area contributed by atoms with Gasteiger partial charge in [0.05, 0.1) is 12.7 Å². The third kappa shape index (κ3) is 5.49. The van der Waals surface area contributed by atoms with Crippen molar-refractivity contribution >= 4 is 5.96 Å². The van der Waals surface area contributed by atoms with Crippen LogP contribution in [0, 0.1) is 0 Å². The maximum Gasteiger partial charge on any atom is 0.573 e. The predicted octanol–water partition coefficient (Wildman–Crippen LogP) is 2.54. The van der Waals surface area contributed by atoms with E-state index in [0.29, 0.717) is 31.2 Å². The molecule has 2 aliphatic rings. The summed E-state index contributed by atoms with van der Waals surface area (Å²) in [4.78, 5) is 6.31. The third-order valence-electron chi connectivity index (χ3n) is 4.62. The summed E-state index contributed by atoms with van der Waals surface area (Å²) in [6.07, 6.45) is -2.65. The van der Waals surface area contributed by atoms with Crippen molar-refractivity contribution in [2.24, 2.45) is 4.99 Å². The molecule has 3 rings (SSSR count). The van der Waals surface area contributed by atoms with Crippen LogP contribution in [-0.4, -0.2) is 62.8 Å². The average molecular weight is 387 g/mol. The Hall–Kier alpha value is -2.00. The molecule has 0 radical (unpaired) electrons. The molecule has 9 heteroatoms. The van der Waals surface area contributed by atoms with Gasteiger partial charge < -0.3 is 24.4 Å². The lowest BCUT2D eigenvalue weighted by Gasteiger charge is -2.37. The second-order valence-electron chi connectivity index (χ2n) is 6.46. The number of para-hydroxylation sites is 1. The van der Waals surface area contributed by atoms with E-state index in [2.05, 4.69) is 15.0 Å². The summed E-state index contributed by atoms with van der Waals surface area (Å²) in [7, 11) is 1.65. The molecule has 1 aromatic carbocycles. The van der Waals surface area contributed by atoms with Gasteiger partial charge in [0.25, 0.3) is 0 Å². The lowest BCUT2D eigenvalue weighted by molar-refractivity contribution is -0.274. The molecule has 150 valence electrons. The van der Waals surface area contributed by atoms with E-state index < -0.39 is 6.36 Å². The van der Waals surface area contributed by atoms with Crippen LogP contribution >= 0.6 is 0 Å². The second kappa shape index (κ2) is 8.79. The molecule has 6 nitrogen and oxygen atoms in total. The maximum absolute atomic E-state index is 12.6. The van der Waals surface area contributed by atoms with Gasteiger partial charge in [0.2, 0.25) is 0 Å². The van der Waals surface area contributed by atoms with Crippen LogP contribution in [0.4, 0.5) is 13.2 Å². The third-order valence-corrected chi connectivity index (χ3v) is 4.62. The number of nitrogens with one attached hydrogen (secondary N) is 1. The van der Waals surface area contributed by atoms with E-state index in [0.717, 1.165) is 19.4 Å². The quantitative estimate of drug-likeness (QED) is 0.636. The minimum Gasteiger partial charge on any atom is -0.405 e. The minimum absolute atomic E-state index is 0.0272. The van der Waals surface area contributed by atoms with Crippen LogP contribution < -0.4 is 10.1 Å². The molecule has 2 unspecified atom stereocenters. The first-order valence-corrected chi connectivity index (χ1v) is 8.99. The number of guanidine groups is 1. The van der Waals surface area contributed by atoms with Crippen LogP contribution in [0.1, 0.15) is 18.4 Å². The summed E-state index contributed by atoms with van der Waals surface area (Å²) in [6.45, 7) is 2.77. The van der Waals surface area contributed by atoms with E-state index >= 15 is 0 Å². The fourth-order valence-corrected chi connectivity index (χ4v) is 3.37. The summed E-state index contributed by atoms with van der Waals surface area (Å²) in [5, 5.41) is 3.12. The highest BCUT2D eigenvalue weighted by atomic mass is 19.4. The van der Waals surface area contributed by atoms with Crippen LogP contribution in [0.5, 0.6) is 5.75 Å². The molecule has 0 bridgehead atoms. The van der Waals surface area contributed by atoms with Gasteiger partial charge in [-0.1, -0.05) is 18.2 Å². The van der Waals surface area contributed by atoms with Crippen LogP contribution in [0.25, 0.3) is 0 Å². The van der Waals surface area contributed by atoms with Crippen molar-refractivity contribution in [3.05, 3.63) is 29.8 Å². The Morgan fingerprint density at radius 3 is 2.74 bits per heavy atom. The number of aliphatic imine (C=N–C) groups is 1. The molecule has 0 aromatic heterocycles. The zero-order valence-corrected chi connectivity index (χ0v) is 15.2. The summed E-state index contributed by atoms with van der Waals surface area (Å²) in [5.74, 6) is 0.398. The fourth-order valence-electron chi connectivity index (χ4n) is 3.37. The molecule has 0 aliphatic carbocycles. The number of halogens is 3. The van der Waals surface area contributed by atoms with Gasteiger partial charge in [-0.05, 0) is 18.9 Å². The molecule has 2 aliphatic heterocycles. The van der Waals surface area contributed by atoms with Crippen LogP contribution in [0.3, 0.4) is 0 Å². The lowest BCUT2D eigenvalue weighted by atomic mass is 10.1. The number of ether oxygens (including phenoxy) is 3. The number of alkyl halides is 3. The van der Waals surface area contributed by atoms with E-state index in [4.69, 9.17) is 9.47 Å². The largest absolute Gasteiger partial charge is 0.573 e. The lowest BCUT2D eigenvalue weighted by Crippen LogP contribution is -2.53. The van der Waals surface area contributed by atoms with Gasteiger partial charge in [-0.15, -0.1) is 13.2 Å². The highest BCUT2D eigenvalue weighted by Crippen LogP contribution is 2.26. The molecule has 2 fully saturated rings. The molecule has 0 spiro atoms. The van der Waals surface area contributed by atoms with Crippen molar-refractivity contribution in [2.45, 2.75) is 38.0 Å². The van der Waals surface area contributed by atoms with E-state index in [1.807, 2.05) is 4.90 Å². The van der Waals surface area contributed by atoms with Crippen molar-refractivity contribution in [1.29, 1.82) is 0 Å². The van der Waals surface area contributed by atoms with E-state index in [-0.39, 0.29) is 24.5 Å². The zero-order chi connectivity index (χ0) is 19.3. The van der Waals surface area contributed by atoms with Gasteiger partial charge >= 0.3 is 6.36 Å². The molecular weight excluding hydrogens is 363 g/mol. The van der Waals surface area contributed by atoms with Crippen LogP contribution in [0.2, 0.25) is 0 Å². The number of hydrogen-bond acceptors (Lipinski definition) is 4. The Bertz CT molecular complexity index is 648. The number of hydrogen-bond donors (Lipinski definition) is 1. The molecule has 1 N–H and O–H groups in total. The van der Waals surface area contributed by atoms with Crippen molar-refractivity contribution in [1.82, 2.24) is 10.2 Å². The number of rotatable bonds is 4. The fraction of sp³-hybridized carbons (Fsp3) is 0.611. The van der Waals surface area contributed by atoms with Crippen LogP contribution in [-0.2, 0) is 16.0 Å². The minimum atomic E-state index is -4.73. The molecular formula is C18H24F3N3O3. The predicted molar refractivity (Wildman–Crippen MR) is 93.6 cm³/mol. The van der Waals surface area contributed by atoms with Crippen molar-refractivity contribution in [3.8, 4) is 5.75 Å². The molecule has 0 amide bonds. The molecule has 2 saturated heterocycles. The molecule has 1 aromatic rings. The molecule has 2 heterocycles. The first-order valence-electron chi connectivity index (χ1n) is 8.99. The normalized spacial score (nSPS) is 24.1. The van der Waals surface area contributed by atoms with Gasteiger partial charge in [-0.2, -0.15) is 0 Å². The summed E-state index contributed by atoms with van der Waals surface area (Å²) >= 11 is 0. The molecule has 0 saturated carbocycles. The SMILES string of the molecule is CN=C(NCc1ccccc1OC(F)(F)F)N1CCOC(C2CCCO2)C1. The Balaban J connectivity index is 1.61. The Labute approximate surface area is 156 Å². The second-order valence-corrected chi connectivity index (χ2v) is 6.46. The zero-order valence-electron chi connectivity index (χ0n) is 15.2. The monoisotopic (exact) mass is 387 g/mol. The van der Waals surface area contributed by atoms with E-state index in [1.165, 1.54) is 12.1 Å². The highest BCUT2D eigenvalue weighted by Gasteiger charge is 2.33. The van der Waals surface area contributed by atoms with Gasteiger partial charge in [-0.25, -0.2) is 0 Å². The van der Waals surface area contributed by atoms with Crippen molar-refractivity contribution in [3.63, 3.8) is 0 Å².